The zero-order chi connectivity index (χ0) is 42.6. The van der Waals surface area contributed by atoms with Crippen molar-refractivity contribution in [3.8, 4) is 11.1 Å². The molecule has 2 nitrogen and oxygen atoms in total. The van der Waals surface area contributed by atoms with Crippen molar-refractivity contribution >= 4 is 103 Å². The van der Waals surface area contributed by atoms with Gasteiger partial charge >= 0.3 is 0 Å². The van der Waals surface area contributed by atoms with Crippen molar-refractivity contribution in [2.45, 2.75) is 0 Å². The molecule has 0 saturated carbocycles. The van der Waals surface area contributed by atoms with Crippen LogP contribution in [0, 0.1) is 0 Å². The number of anilines is 5. The lowest BCUT2D eigenvalue weighted by Gasteiger charge is -2.27. The minimum absolute atomic E-state index is 0.728. The number of nitrogens with zero attached hydrogens (tertiary/aromatic N) is 2. The monoisotopic (exact) mass is 834 g/mol. The number of allylic oxidation sites excluding steroid dienone is 4. The average molecular weight is 835 g/mol. The Morgan fingerprint density at radius 1 is 0.453 bits per heavy atom. The second kappa shape index (κ2) is 15.7. The van der Waals surface area contributed by atoms with Crippen LogP contribution in [-0.4, -0.2) is 6.54 Å². The van der Waals surface area contributed by atoms with Crippen LogP contribution in [0.5, 0.6) is 0 Å². The predicted octanol–water partition coefficient (Wildman–Crippen LogP) is 17.5. The average Bonchev–Trinajstić information content (AvgIpc) is 3.77. The number of rotatable bonds is 6. The van der Waals surface area contributed by atoms with Gasteiger partial charge in [0.15, 0.2) is 0 Å². The van der Waals surface area contributed by atoms with Gasteiger partial charge in [-0.15, -0.1) is 11.3 Å². The van der Waals surface area contributed by atoms with Crippen LogP contribution in [0.4, 0.5) is 28.4 Å². The molecule has 0 atom stereocenters. The Morgan fingerprint density at radius 2 is 1.05 bits per heavy atom. The number of hydrogen-bond donors (Lipinski definition) is 0. The quantitative estimate of drug-likeness (QED) is 0.154. The number of benzene rings is 10. The first-order valence-corrected chi connectivity index (χ1v) is 22.7. The zero-order valence-corrected chi connectivity index (χ0v) is 36.0. The van der Waals surface area contributed by atoms with Crippen LogP contribution in [0.15, 0.2) is 237 Å². The maximum atomic E-state index is 4.70. The van der Waals surface area contributed by atoms with Crippen LogP contribution in [0.25, 0.3) is 74.8 Å². The molecule has 2 heterocycles. The second-order valence-electron chi connectivity index (χ2n) is 16.5. The minimum atomic E-state index is 0.728. The Hall–Kier alpha value is -7.98. The predicted molar refractivity (Wildman–Crippen MR) is 278 cm³/mol. The van der Waals surface area contributed by atoms with E-state index in [1.165, 1.54) is 63.7 Å². The summed E-state index contributed by atoms with van der Waals surface area (Å²) < 4.78 is 2.56. The van der Waals surface area contributed by atoms with Crippen molar-refractivity contribution in [2.75, 3.05) is 16.3 Å². The van der Waals surface area contributed by atoms with Gasteiger partial charge in [-0.05, 0) is 127 Å². The van der Waals surface area contributed by atoms with Gasteiger partial charge in [0.2, 0.25) is 0 Å². The van der Waals surface area contributed by atoms with Crippen LogP contribution < -0.4 is 9.80 Å². The molecule has 0 unspecified atom stereocenters. The van der Waals surface area contributed by atoms with Crippen LogP contribution in [-0.2, 0) is 0 Å². The molecule has 11 aromatic rings. The summed E-state index contributed by atoms with van der Waals surface area (Å²) >= 11 is 1.87. The topological polar surface area (TPSA) is 6.48 Å². The van der Waals surface area contributed by atoms with Crippen molar-refractivity contribution in [1.29, 1.82) is 0 Å². The molecule has 0 spiro atoms. The molecule has 302 valence electrons. The van der Waals surface area contributed by atoms with E-state index in [1.807, 2.05) is 11.3 Å². The summed E-state index contributed by atoms with van der Waals surface area (Å²) in [7, 11) is 0. The standard InChI is InChI=1S/C61H42N2S/c1-41-38-44(42-16-4-2-5-17-42)18-15-37-62(46-19-6-3-7-20-46)58-36-31-45(39-56(41)58)43-29-32-47(33-30-43)63(59-27-14-26-55-54-25-12-13-28-60(54)64-61(55)59)48-34-35-53-51-23-9-8-21-49(51)50-22-10-11-24-52(50)57(53)40-48/h2-36,38-40H,1,37H2/b18-15-,44-38+. The molecule has 0 amide bonds. The third-order valence-electron chi connectivity index (χ3n) is 12.8. The van der Waals surface area contributed by atoms with Gasteiger partial charge in [0, 0.05) is 50.3 Å². The molecule has 64 heavy (non-hydrogen) atoms. The van der Waals surface area contributed by atoms with Gasteiger partial charge < -0.3 is 9.80 Å². The lowest BCUT2D eigenvalue weighted by molar-refractivity contribution is 1.09. The van der Waals surface area contributed by atoms with Crippen LogP contribution >= 0.6 is 11.3 Å². The molecule has 0 bridgehead atoms. The van der Waals surface area contributed by atoms with Gasteiger partial charge in [0.25, 0.3) is 0 Å². The Kier molecular flexibility index (Phi) is 9.28. The zero-order valence-electron chi connectivity index (χ0n) is 35.2. The van der Waals surface area contributed by atoms with Crippen molar-refractivity contribution in [2.24, 2.45) is 0 Å². The smallest absolute Gasteiger partial charge is 0.0640 e. The fraction of sp³-hybridized carbons (Fsp3) is 0.0164. The van der Waals surface area contributed by atoms with E-state index < -0.39 is 0 Å². The summed E-state index contributed by atoms with van der Waals surface area (Å²) in [5, 5.41) is 10.2. The molecule has 0 saturated heterocycles. The van der Waals surface area contributed by atoms with Gasteiger partial charge in [-0.1, -0.05) is 170 Å². The highest BCUT2D eigenvalue weighted by atomic mass is 32.1. The third-order valence-corrected chi connectivity index (χ3v) is 14.0. The molecular formula is C61H42N2S. The summed E-state index contributed by atoms with van der Waals surface area (Å²) in [5.74, 6) is 0. The summed E-state index contributed by atoms with van der Waals surface area (Å²) in [6.45, 7) is 5.42. The lowest BCUT2D eigenvalue weighted by atomic mass is 9.94. The molecule has 1 aliphatic rings. The number of fused-ring (bicyclic) bond motifs is 10. The van der Waals surface area contributed by atoms with E-state index >= 15 is 0 Å². The maximum absolute atomic E-state index is 4.70. The third kappa shape index (κ3) is 6.49. The van der Waals surface area contributed by atoms with E-state index in [9.17, 15) is 0 Å². The first-order chi connectivity index (χ1) is 31.7. The fourth-order valence-electron chi connectivity index (χ4n) is 9.74. The normalized spacial score (nSPS) is 14.3. The van der Waals surface area contributed by atoms with Gasteiger partial charge in [-0.25, -0.2) is 0 Å². The number of hydrogen-bond acceptors (Lipinski definition) is 3. The second-order valence-corrected chi connectivity index (χ2v) is 17.6. The molecule has 1 aliphatic heterocycles. The summed E-state index contributed by atoms with van der Waals surface area (Å²) in [6.07, 6.45) is 6.72. The van der Waals surface area contributed by atoms with E-state index in [4.69, 9.17) is 6.58 Å². The lowest BCUT2D eigenvalue weighted by Crippen LogP contribution is -2.18. The van der Waals surface area contributed by atoms with E-state index in [0.717, 1.165) is 57.1 Å². The van der Waals surface area contributed by atoms with E-state index in [0.29, 0.717) is 0 Å². The molecule has 0 fully saturated rings. The minimum Gasteiger partial charge on any atom is -0.337 e. The van der Waals surface area contributed by atoms with Crippen molar-refractivity contribution in [3.63, 3.8) is 0 Å². The highest BCUT2D eigenvalue weighted by Gasteiger charge is 2.21. The molecule has 3 heteroatoms. The number of para-hydroxylation sites is 1. The summed E-state index contributed by atoms with van der Waals surface area (Å²) in [5.41, 5.74) is 12.3. The van der Waals surface area contributed by atoms with Crippen molar-refractivity contribution in [3.05, 3.63) is 248 Å². The van der Waals surface area contributed by atoms with Crippen molar-refractivity contribution < 1.29 is 0 Å². The molecule has 0 aliphatic carbocycles. The van der Waals surface area contributed by atoms with E-state index in [2.05, 4.69) is 240 Å². The Balaban J connectivity index is 1.01. The van der Waals surface area contributed by atoms with E-state index in [-0.39, 0.29) is 0 Å². The largest absolute Gasteiger partial charge is 0.337 e. The van der Waals surface area contributed by atoms with Crippen LogP contribution in [0.3, 0.4) is 0 Å². The molecule has 0 radical (unpaired) electrons. The van der Waals surface area contributed by atoms with Gasteiger partial charge in [-0.3, -0.25) is 0 Å². The fourth-order valence-corrected chi connectivity index (χ4v) is 10.9. The molecule has 0 N–H and O–H groups in total. The molecule has 1 aromatic heterocycles. The van der Waals surface area contributed by atoms with Crippen LogP contribution in [0.2, 0.25) is 0 Å². The van der Waals surface area contributed by atoms with Gasteiger partial charge in [0.1, 0.15) is 0 Å². The Morgan fingerprint density at radius 3 is 1.78 bits per heavy atom. The van der Waals surface area contributed by atoms with Gasteiger partial charge in [-0.2, -0.15) is 0 Å². The van der Waals surface area contributed by atoms with Crippen molar-refractivity contribution in [1.82, 2.24) is 0 Å². The Bertz CT molecular complexity index is 3620. The first kappa shape index (κ1) is 37.8. The van der Waals surface area contributed by atoms with E-state index in [1.54, 1.807) is 0 Å². The van der Waals surface area contributed by atoms with Crippen LogP contribution in [0.1, 0.15) is 11.1 Å². The molecular weight excluding hydrogens is 793 g/mol. The Labute approximate surface area is 377 Å². The maximum Gasteiger partial charge on any atom is 0.0640 e. The summed E-state index contributed by atoms with van der Waals surface area (Å²) in [6, 6.07) is 77.4. The summed E-state index contributed by atoms with van der Waals surface area (Å²) in [4.78, 5) is 4.84. The van der Waals surface area contributed by atoms with Gasteiger partial charge in [0.05, 0.1) is 10.4 Å². The highest BCUT2D eigenvalue weighted by Crippen LogP contribution is 2.47. The molecule has 12 rings (SSSR count). The SMILES string of the molecule is C=C1/C=C(c2ccccc2)\C=C/CN(c2ccccc2)c2ccc(-c3ccc(N(c4ccc5c6ccccc6c6ccccc6c5c4)c4cccc5c4sc4ccccc45)cc3)cc21. The first-order valence-electron chi connectivity index (χ1n) is 21.9. The highest BCUT2D eigenvalue weighted by molar-refractivity contribution is 7.26. The molecule has 10 aromatic carbocycles. The number of thiophene rings is 1.